The van der Waals surface area contributed by atoms with Crippen LogP contribution in [0.2, 0.25) is 0 Å². The molecule has 4 nitrogen and oxygen atoms in total. The van der Waals surface area contributed by atoms with Gasteiger partial charge in [-0.25, -0.2) is 4.39 Å². The summed E-state index contributed by atoms with van der Waals surface area (Å²) in [5.41, 5.74) is 3.67. The zero-order valence-corrected chi connectivity index (χ0v) is 15.8. The Morgan fingerprint density at radius 2 is 1.74 bits per heavy atom. The van der Waals surface area contributed by atoms with Crippen molar-refractivity contribution < 1.29 is 14.0 Å². The van der Waals surface area contributed by atoms with Crippen molar-refractivity contribution in [1.29, 1.82) is 0 Å². The number of benzene rings is 2. The van der Waals surface area contributed by atoms with Gasteiger partial charge >= 0.3 is 0 Å². The van der Waals surface area contributed by atoms with E-state index in [-0.39, 0.29) is 24.2 Å². The van der Waals surface area contributed by atoms with Crippen LogP contribution in [-0.4, -0.2) is 18.4 Å². The third kappa shape index (κ3) is 4.60. The van der Waals surface area contributed by atoms with Gasteiger partial charge < -0.3 is 10.6 Å². The number of amides is 2. The molecule has 0 fully saturated rings. The molecular formula is C21H19FN2O2S. The summed E-state index contributed by atoms with van der Waals surface area (Å²) in [5, 5.41) is 5.43. The Morgan fingerprint density at radius 3 is 2.48 bits per heavy atom. The number of carbonyl (C=O) groups excluding carboxylic acids is 2. The Morgan fingerprint density at radius 1 is 1.00 bits per heavy atom. The first-order chi connectivity index (χ1) is 12.9. The number of rotatable bonds is 5. The van der Waals surface area contributed by atoms with Gasteiger partial charge in [-0.1, -0.05) is 24.3 Å². The van der Waals surface area contributed by atoms with E-state index >= 15 is 0 Å². The van der Waals surface area contributed by atoms with Gasteiger partial charge in [0.25, 0.3) is 5.91 Å². The molecule has 0 aliphatic rings. The summed E-state index contributed by atoms with van der Waals surface area (Å²) in [4.78, 5) is 25.7. The minimum atomic E-state index is -0.315. The highest BCUT2D eigenvalue weighted by Crippen LogP contribution is 2.28. The lowest BCUT2D eigenvalue weighted by Gasteiger charge is -2.10. The van der Waals surface area contributed by atoms with Gasteiger partial charge in [-0.3, -0.25) is 9.59 Å². The fourth-order valence-electron chi connectivity index (χ4n) is 2.56. The molecule has 138 valence electrons. The molecule has 0 atom stereocenters. The van der Waals surface area contributed by atoms with E-state index in [9.17, 15) is 14.0 Å². The molecule has 1 heterocycles. The predicted molar refractivity (Wildman–Crippen MR) is 107 cm³/mol. The molecule has 0 spiro atoms. The molecule has 3 aromatic rings. The van der Waals surface area contributed by atoms with Gasteiger partial charge in [0.1, 0.15) is 5.82 Å². The zero-order chi connectivity index (χ0) is 19.4. The number of carbonyl (C=O) groups is 2. The Hall–Kier alpha value is -2.99. The minimum Gasteiger partial charge on any atom is -0.342 e. The van der Waals surface area contributed by atoms with Crippen LogP contribution in [-0.2, 0) is 4.79 Å². The number of thiophene rings is 1. The minimum absolute atomic E-state index is 0.115. The summed E-state index contributed by atoms with van der Waals surface area (Å²) in [6, 6.07) is 15.3. The van der Waals surface area contributed by atoms with E-state index in [2.05, 4.69) is 10.6 Å². The first-order valence-electron chi connectivity index (χ1n) is 8.44. The Labute approximate surface area is 161 Å². The Kier molecular flexibility index (Phi) is 5.66. The van der Waals surface area contributed by atoms with Gasteiger partial charge in [0.05, 0.1) is 11.4 Å². The van der Waals surface area contributed by atoms with Crippen molar-refractivity contribution in [2.24, 2.45) is 0 Å². The summed E-state index contributed by atoms with van der Waals surface area (Å²) in [6.07, 6.45) is 0. The average molecular weight is 382 g/mol. The molecule has 0 saturated carbocycles. The van der Waals surface area contributed by atoms with Crippen molar-refractivity contribution in [1.82, 2.24) is 5.32 Å². The topological polar surface area (TPSA) is 58.2 Å². The Bertz CT molecular complexity index is 980. The molecule has 0 aliphatic carbocycles. The van der Waals surface area contributed by atoms with Crippen LogP contribution in [0.15, 0.2) is 54.6 Å². The maximum Gasteiger partial charge on any atom is 0.261 e. The highest BCUT2D eigenvalue weighted by atomic mass is 32.1. The summed E-state index contributed by atoms with van der Waals surface area (Å²) in [6.45, 7) is 3.80. The fourth-order valence-corrected chi connectivity index (χ4v) is 3.49. The monoisotopic (exact) mass is 382 g/mol. The number of nitrogens with one attached hydrogen (secondary N) is 2. The molecule has 27 heavy (non-hydrogen) atoms. The largest absolute Gasteiger partial charge is 0.342 e. The third-order valence-electron chi connectivity index (χ3n) is 4.25. The molecule has 0 saturated heterocycles. The summed E-state index contributed by atoms with van der Waals surface area (Å²) >= 11 is 1.29. The maximum atomic E-state index is 13.0. The molecule has 0 unspecified atom stereocenters. The SMILES string of the molecule is Cc1cccc(NC(=O)CNC(=O)c2ccc(-c3ccc(F)cc3)s2)c1C. The van der Waals surface area contributed by atoms with Crippen LogP contribution < -0.4 is 10.6 Å². The van der Waals surface area contributed by atoms with E-state index in [1.165, 1.54) is 23.5 Å². The zero-order valence-electron chi connectivity index (χ0n) is 15.0. The highest BCUT2D eigenvalue weighted by molar-refractivity contribution is 7.17. The van der Waals surface area contributed by atoms with Crippen LogP contribution >= 0.6 is 11.3 Å². The molecule has 3 rings (SSSR count). The van der Waals surface area contributed by atoms with Gasteiger partial charge in [-0.15, -0.1) is 11.3 Å². The molecule has 2 amide bonds. The van der Waals surface area contributed by atoms with Crippen LogP contribution in [0.3, 0.4) is 0 Å². The highest BCUT2D eigenvalue weighted by Gasteiger charge is 2.12. The van der Waals surface area contributed by atoms with Crippen molar-refractivity contribution in [3.8, 4) is 10.4 Å². The smallest absolute Gasteiger partial charge is 0.261 e. The first kappa shape index (κ1) is 18.8. The standard InChI is InChI=1S/C21H19FN2O2S/c1-13-4-3-5-17(14(13)2)24-20(25)12-23-21(26)19-11-10-18(27-19)15-6-8-16(22)9-7-15/h3-11H,12H2,1-2H3,(H,23,26)(H,24,25). The first-order valence-corrected chi connectivity index (χ1v) is 9.26. The summed E-state index contributed by atoms with van der Waals surface area (Å²) in [7, 11) is 0. The molecule has 6 heteroatoms. The van der Waals surface area contributed by atoms with Crippen LogP contribution in [0.5, 0.6) is 0 Å². The lowest BCUT2D eigenvalue weighted by atomic mass is 10.1. The lowest BCUT2D eigenvalue weighted by molar-refractivity contribution is -0.115. The van der Waals surface area contributed by atoms with Gasteiger partial charge in [-0.05, 0) is 60.9 Å². The molecule has 0 aliphatic heterocycles. The number of anilines is 1. The van der Waals surface area contributed by atoms with Crippen molar-refractivity contribution in [3.05, 3.63) is 76.4 Å². The molecule has 2 N–H and O–H groups in total. The number of hydrogen-bond donors (Lipinski definition) is 2. The van der Waals surface area contributed by atoms with Crippen LogP contribution in [0.25, 0.3) is 10.4 Å². The van der Waals surface area contributed by atoms with Gasteiger partial charge in [0.15, 0.2) is 0 Å². The number of aryl methyl sites for hydroxylation is 1. The molecule has 1 aromatic heterocycles. The number of hydrogen-bond acceptors (Lipinski definition) is 3. The molecule has 2 aromatic carbocycles. The second-order valence-electron chi connectivity index (χ2n) is 6.15. The van der Waals surface area contributed by atoms with Crippen LogP contribution in [0.4, 0.5) is 10.1 Å². The van der Waals surface area contributed by atoms with Gasteiger partial charge in [0.2, 0.25) is 5.91 Å². The molecule has 0 bridgehead atoms. The fraction of sp³-hybridized carbons (Fsp3) is 0.143. The molecule has 0 radical (unpaired) electrons. The molecular weight excluding hydrogens is 363 g/mol. The van der Waals surface area contributed by atoms with E-state index in [0.717, 1.165) is 27.3 Å². The average Bonchev–Trinajstić information content (AvgIpc) is 3.14. The van der Waals surface area contributed by atoms with E-state index in [4.69, 9.17) is 0 Å². The van der Waals surface area contributed by atoms with Crippen molar-refractivity contribution >= 4 is 28.8 Å². The predicted octanol–water partition coefficient (Wildman–Crippen LogP) is 4.54. The second-order valence-corrected chi connectivity index (χ2v) is 7.23. The van der Waals surface area contributed by atoms with Crippen LogP contribution in [0.1, 0.15) is 20.8 Å². The second kappa shape index (κ2) is 8.14. The summed E-state index contributed by atoms with van der Waals surface area (Å²) < 4.78 is 13.0. The lowest BCUT2D eigenvalue weighted by Crippen LogP contribution is -2.32. The van der Waals surface area contributed by atoms with E-state index in [1.54, 1.807) is 18.2 Å². The normalized spacial score (nSPS) is 10.5. The van der Waals surface area contributed by atoms with E-state index < -0.39 is 0 Å². The van der Waals surface area contributed by atoms with Crippen LogP contribution in [0, 0.1) is 19.7 Å². The third-order valence-corrected chi connectivity index (χ3v) is 5.38. The maximum absolute atomic E-state index is 13.0. The van der Waals surface area contributed by atoms with Crippen molar-refractivity contribution in [2.75, 3.05) is 11.9 Å². The Balaban J connectivity index is 1.58. The number of halogens is 1. The van der Waals surface area contributed by atoms with Crippen molar-refractivity contribution in [2.45, 2.75) is 13.8 Å². The summed E-state index contributed by atoms with van der Waals surface area (Å²) in [5.74, 6) is -0.903. The van der Waals surface area contributed by atoms with Crippen molar-refractivity contribution in [3.63, 3.8) is 0 Å². The van der Waals surface area contributed by atoms with E-state index in [1.807, 2.05) is 38.1 Å². The van der Waals surface area contributed by atoms with Gasteiger partial charge in [0, 0.05) is 10.6 Å². The quantitative estimate of drug-likeness (QED) is 0.681. The van der Waals surface area contributed by atoms with Gasteiger partial charge in [-0.2, -0.15) is 0 Å². The van der Waals surface area contributed by atoms with E-state index in [0.29, 0.717) is 4.88 Å².